The fourth-order valence-electron chi connectivity index (χ4n) is 1.59. The van der Waals surface area contributed by atoms with Gasteiger partial charge >= 0.3 is 0 Å². The third-order valence-electron chi connectivity index (χ3n) is 2.23. The number of pyridine rings is 1. The van der Waals surface area contributed by atoms with Crippen LogP contribution in [0.25, 0.3) is 11.2 Å². The van der Waals surface area contributed by atoms with Crippen molar-refractivity contribution in [2.75, 3.05) is 0 Å². The van der Waals surface area contributed by atoms with Crippen LogP contribution in [0.1, 0.15) is 25.6 Å². The Hall–Kier alpha value is -1.09. The molecule has 0 aliphatic heterocycles. The number of halogens is 1. The number of fused-ring (bicyclic) bond motifs is 1. The average molecular weight is 210 g/mol. The fourth-order valence-corrected chi connectivity index (χ4v) is 1.74. The Balaban J connectivity index is 2.73. The third-order valence-corrected chi connectivity index (χ3v) is 2.43. The predicted octanol–water partition coefficient (Wildman–Crippen LogP) is 2.75. The van der Waals surface area contributed by atoms with E-state index in [9.17, 15) is 0 Å². The minimum Gasteiger partial charge on any atom is -0.316 e. The summed E-state index contributed by atoms with van der Waals surface area (Å²) in [7, 11) is 1.98. The summed E-state index contributed by atoms with van der Waals surface area (Å²) in [5, 5.41) is 0.630. The van der Waals surface area contributed by atoms with Gasteiger partial charge in [0.2, 0.25) is 0 Å². The van der Waals surface area contributed by atoms with Crippen LogP contribution in [0.4, 0.5) is 0 Å². The lowest BCUT2D eigenvalue weighted by Gasteiger charge is -2.03. The molecule has 2 aromatic heterocycles. The van der Waals surface area contributed by atoms with E-state index in [1.807, 2.05) is 17.7 Å². The molecule has 0 radical (unpaired) electrons. The lowest BCUT2D eigenvalue weighted by Crippen LogP contribution is -1.99. The summed E-state index contributed by atoms with van der Waals surface area (Å²) >= 11 is 5.85. The van der Waals surface area contributed by atoms with E-state index in [2.05, 4.69) is 23.8 Å². The SMILES string of the molecule is CC(C)c1nc2cc(Cl)cnc2n1C. The summed E-state index contributed by atoms with van der Waals surface area (Å²) in [5.74, 6) is 1.43. The Bertz CT molecular complexity index is 473. The highest BCUT2D eigenvalue weighted by Gasteiger charge is 2.11. The molecule has 0 fully saturated rings. The van der Waals surface area contributed by atoms with Crippen LogP contribution in [0.5, 0.6) is 0 Å². The third kappa shape index (κ3) is 1.38. The topological polar surface area (TPSA) is 30.7 Å². The van der Waals surface area contributed by atoms with Gasteiger partial charge < -0.3 is 4.57 Å². The quantitative estimate of drug-likeness (QED) is 0.723. The maximum Gasteiger partial charge on any atom is 0.159 e. The molecule has 2 heterocycles. The second kappa shape index (κ2) is 3.24. The Morgan fingerprint density at radius 2 is 2.14 bits per heavy atom. The van der Waals surface area contributed by atoms with Crippen molar-refractivity contribution in [1.82, 2.24) is 14.5 Å². The molecule has 2 rings (SSSR count). The summed E-state index contributed by atoms with van der Waals surface area (Å²) in [6.07, 6.45) is 1.65. The number of nitrogens with zero attached hydrogens (tertiary/aromatic N) is 3. The van der Waals surface area contributed by atoms with Gasteiger partial charge in [-0.2, -0.15) is 0 Å². The Morgan fingerprint density at radius 1 is 1.43 bits per heavy atom. The van der Waals surface area contributed by atoms with Gasteiger partial charge in [-0.3, -0.25) is 0 Å². The molecule has 2 aromatic rings. The molecular weight excluding hydrogens is 198 g/mol. The molecule has 3 nitrogen and oxygen atoms in total. The number of aromatic nitrogens is 3. The summed E-state index contributed by atoms with van der Waals surface area (Å²) in [5.41, 5.74) is 1.75. The van der Waals surface area contributed by atoms with Crippen molar-refractivity contribution in [2.24, 2.45) is 7.05 Å². The first-order valence-corrected chi connectivity index (χ1v) is 4.95. The maximum absolute atomic E-state index is 5.85. The highest BCUT2D eigenvalue weighted by Crippen LogP contribution is 2.20. The van der Waals surface area contributed by atoms with Gasteiger partial charge in [-0.15, -0.1) is 0 Å². The van der Waals surface area contributed by atoms with E-state index in [-0.39, 0.29) is 0 Å². The molecule has 0 aliphatic rings. The monoisotopic (exact) mass is 209 g/mol. The standard InChI is InChI=1S/C10H12ClN3/c1-6(2)9-13-8-4-7(11)5-12-10(8)14(9)3/h4-6H,1-3H3. The van der Waals surface area contributed by atoms with Gasteiger partial charge in [0.05, 0.1) is 5.02 Å². The molecule has 0 saturated carbocycles. The van der Waals surface area contributed by atoms with Crippen molar-refractivity contribution in [3.8, 4) is 0 Å². The van der Waals surface area contributed by atoms with E-state index in [1.54, 1.807) is 6.20 Å². The molecule has 0 aliphatic carbocycles. The summed E-state index contributed by atoms with van der Waals surface area (Å²) in [6, 6.07) is 1.84. The first kappa shape index (κ1) is 9.46. The molecule has 0 aromatic carbocycles. The summed E-state index contributed by atoms with van der Waals surface area (Å²) < 4.78 is 2.01. The lowest BCUT2D eigenvalue weighted by molar-refractivity contribution is 0.719. The Morgan fingerprint density at radius 3 is 2.79 bits per heavy atom. The molecule has 4 heteroatoms. The highest BCUT2D eigenvalue weighted by molar-refractivity contribution is 6.31. The van der Waals surface area contributed by atoms with Crippen LogP contribution in [0.2, 0.25) is 5.02 Å². The van der Waals surface area contributed by atoms with Gasteiger partial charge in [-0.1, -0.05) is 25.4 Å². The van der Waals surface area contributed by atoms with E-state index in [1.165, 1.54) is 0 Å². The fraction of sp³-hybridized carbons (Fsp3) is 0.400. The molecule has 0 N–H and O–H groups in total. The minimum absolute atomic E-state index is 0.396. The molecule has 0 spiro atoms. The summed E-state index contributed by atoms with van der Waals surface area (Å²) in [4.78, 5) is 8.74. The number of rotatable bonds is 1. The van der Waals surface area contributed by atoms with Crippen molar-refractivity contribution >= 4 is 22.8 Å². The van der Waals surface area contributed by atoms with Gasteiger partial charge in [0.25, 0.3) is 0 Å². The molecule has 0 atom stereocenters. The van der Waals surface area contributed by atoms with Gasteiger partial charge in [0.15, 0.2) is 5.65 Å². The number of imidazole rings is 1. The Labute approximate surface area is 87.7 Å². The largest absolute Gasteiger partial charge is 0.316 e. The smallest absolute Gasteiger partial charge is 0.159 e. The van der Waals surface area contributed by atoms with Crippen molar-refractivity contribution in [1.29, 1.82) is 0 Å². The zero-order chi connectivity index (χ0) is 10.3. The second-order valence-corrected chi connectivity index (χ2v) is 4.12. The van der Waals surface area contributed by atoms with E-state index in [0.717, 1.165) is 17.0 Å². The van der Waals surface area contributed by atoms with Crippen LogP contribution in [-0.4, -0.2) is 14.5 Å². The minimum atomic E-state index is 0.396. The second-order valence-electron chi connectivity index (χ2n) is 3.68. The van der Waals surface area contributed by atoms with Gasteiger partial charge in [-0.05, 0) is 6.07 Å². The molecule has 74 valence electrons. The first-order valence-electron chi connectivity index (χ1n) is 4.57. The zero-order valence-corrected chi connectivity index (χ0v) is 9.21. The molecule has 0 saturated heterocycles. The van der Waals surface area contributed by atoms with Crippen LogP contribution in [-0.2, 0) is 7.05 Å². The van der Waals surface area contributed by atoms with Crippen molar-refractivity contribution in [2.45, 2.75) is 19.8 Å². The molecule has 0 amide bonds. The molecule has 0 bridgehead atoms. The van der Waals surface area contributed by atoms with Gasteiger partial charge in [0.1, 0.15) is 11.3 Å². The molecule has 14 heavy (non-hydrogen) atoms. The van der Waals surface area contributed by atoms with Crippen molar-refractivity contribution in [3.63, 3.8) is 0 Å². The van der Waals surface area contributed by atoms with Crippen LogP contribution in [0.15, 0.2) is 12.3 Å². The highest BCUT2D eigenvalue weighted by atomic mass is 35.5. The molecule has 0 unspecified atom stereocenters. The maximum atomic E-state index is 5.85. The number of aryl methyl sites for hydroxylation is 1. The van der Waals surface area contributed by atoms with Crippen molar-refractivity contribution < 1.29 is 0 Å². The predicted molar refractivity (Wildman–Crippen MR) is 57.6 cm³/mol. The Kier molecular flexibility index (Phi) is 2.19. The van der Waals surface area contributed by atoms with Crippen LogP contribution >= 0.6 is 11.6 Å². The van der Waals surface area contributed by atoms with Gasteiger partial charge in [0, 0.05) is 19.2 Å². The van der Waals surface area contributed by atoms with Crippen molar-refractivity contribution in [3.05, 3.63) is 23.1 Å². The first-order chi connectivity index (χ1) is 6.59. The van der Waals surface area contributed by atoms with Crippen LogP contribution in [0.3, 0.4) is 0 Å². The van der Waals surface area contributed by atoms with Gasteiger partial charge in [-0.25, -0.2) is 9.97 Å². The number of hydrogen-bond donors (Lipinski definition) is 0. The summed E-state index contributed by atoms with van der Waals surface area (Å²) in [6.45, 7) is 4.23. The number of hydrogen-bond acceptors (Lipinski definition) is 2. The zero-order valence-electron chi connectivity index (χ0n) is 8.45. The van der Waals surface area contributed by atoms with Crippen LogP contribution in [0, 0.1) is 0 Å². The van der Waals surface area contributed by atoms with Crippen LogP contribution < -0.4 is 0 Å². The lowest BCUT2D eigenvalue weighted by atomic mass is 10.2. The average Bonchev–Trinajstić information content (AvgIpc) is 2.43. The van der Waals surface area contributed by atoms with E-state index >= 15 is 0 Å². The molecular formula is C10H12ClN3. The van der Waals surface area contributed by atoms with E-state index < -0.39 is 0 Å². The van der Waals surface area contributed by atoms with E-state index in [0.29, 0.717) is 10.9 Å². The normalized spacial score (nSPS) is 11.5. The van der Waals surface area contributed by atoms with E-state index in [4.69, 9.17) is 11.6 Å².